The zero-order valence-corrected chi connectivity index (χ0v) is 53.7. The average molecular weight is 982 g/mol. The van der Waals surface area contributed by atoms with Gasteiger partial charge in [0, 0.05) is 0 Å². The monoisotopic (exact) mass is 981 g/mol. The lowest BCUT2D eigenvalue weighted by atomic mass is 9.64. The molecular weight excluding hydrogens is 841 g/mol. The smallest absolute Gasteiger partial charge is 0.0328 e. The third kappa shape index (κ3) is 25.2. The standard InChI is InChI=1S/10C7H14/c1-6-4-7(2,3)5-6;2*1-6-4-5-7(6,2)3;1-5-4-6(2)7(5)3;1-6(2)7-4-3-5-7;1-3-7-4-6(2)5-7;2*1-3-7(2)5-4-6-7;2*1-3-7-5-4-6(7)2/h3*6H,4-5H2,1-3H3;5-7H,4H2,1-3H3;2*6-7H,3-5H2,1-2H3;2*3-6H2,1-2H3;2*6-7H,3-5H2,1-2H3/t;6-;;5-,6?,7?;;;;;6-,7?;/m.0.0....0./s1. The van der Waals surface area contributed by atoms with Gasteiger partial charge in [-0.1, -0.05) is 243 Å². The summed E-state index contributed by atoms with van der Waals surface area (Å²) in [6, 6.07) is 0. The zero-order chi connectivity index (χ0) is 53.7. The lowest BCUT2D eigenvalue weighted by Gasteiger charge is -2.42. The second-order valence-corrected chi connectivity index (χ2v) is 30.9. The molecule has 10 aliphatic carbocycles. The molecule has 0 aromatic heterocycles. The third-order valence-electron chi connectivity index (χ3n) is 23.1. The van der Waals surface area contributed by atoms with Crippen molar-refractivity contribution in [1.29, 1.82) is 0 Å². The molecule has 420 valence electrons. The van der Waals surface area contributed by atoms with Crippen LogP contribution in [-0.4, -0.2) is 0 Å². The molecular formula is C70H140. The van der Waals surface area contributed by atoms with E-state index >= 15 is 0 Å². The molecule has 70 heavy (non-hydrogen) atoms. The zero-order valence-electron chi connectivity index (χ0n) is 53.7. The Labute approximate surface area is 447 Å². The summed E-state index contributed by atoms with van der Waals surface area (Å²) in [5.74, 6) is 14.4. The van der Waals surface area contributed by atoms with Crippen LogP contribution in [0.3, 0.4) is 0 Å². The molecule has 10 fully saturated rings. The van der Waals surface area contributed by atoms with Crippen molar-refractivity contribution >= 4 is 0 Å². The van der Waals surface area contributed by atoms with Gasteiger partial charge in [0.15, 0.2) is 0 Å². The summed E-state index contributed by atoms with van der Waals surface area (Å²) in [6.45, 7) is 56.0. The Morgan fingerprint density at radius 2 is 0.771 bits per heavy atom. The van der Waals surface area contributed by atoms with Gasteiger partial charge in [-0.25, -0.2) is 0 Å². The van der Waals surface area contributed by atoms with Crippen LogP contribution in [0.4, 0.5) is 0 Å². The summed E-state index contributed by atoms with van der Waals surface area (Å²) in [5, 5.41) is 0. The number of rotatable bonds is 6. The van der Waals surface area contributed by atoms with Crippen LogP contribution < -0.4 is 0 Å². The van der Waals surface area contributed by atoms with E-state index < -0.39 is 0 Å². The molecule has 0 aliphatic heterocycles. The molecule has 0 spiro atoms. The quantitative estimate of drug-likeness (QED) is 0.249. The van der Waals surface area contributed by atoms with Crippen molar-refractivity contribution in [3.05, 3.63) is 0 Å². The maximum atomic E-state index is 2.39. The Hall–Kier alpha value is 0. The molecule has 0 heterocycles. The Morgan fingerprint density at radius 3 is 0.786 bits per heavy atom. The summed E-state index contributed by atoms with van der Waals surface area (Å²) in [7, 11) is 0. The van der Waals surface area contributed by atoms with Gasteiger partial charge in [0.05, 0.1) is 0 Å². The van der Waals surface area contributed by atoms with Crippen LogP contribution in [0.5, 0.6) is 0 Å². The number of hydrogen-bond donors (Lipinski definition) is 0. The van der Waals surface area contributed by atoms with Crippen LogP contribution in [-0.2, 0) is 0 Å². The first-order valence-corrected chi connectivity index (χ1v) is 32.4. The molecule has 6 unspecified atom stereocenters. The minimum atomic E-state index is 0.681. The fraction of sp³-hybridized carbons (Fsp3) is 1.00. The number of hydrogen-bond acceptors (Lipinski definition) is 0. The van der Waals surface area contributed by atoms with E-state index in [1.807, 2.05) is 0 Å². The van der Waals surface area contributed by atoms with Crippen LogP contribution in [0.2, 0.25) is 0 Å². The highest BCUT2D eigenvalue weighted by Crippen LogP contribution is 2.47. The molecule has 10 saturated carbocycles. The molecule has 10 rings (SSSR count). The van der Waals surface area contributed by atoms with Gasteiger partial charge >= 0.3 is 0 Å². The van der Waals surface area contributed by atoms with Crippen LogP contribution in [0.1, 0.15) is 340 Å². The van der Waals surface area contributed by atoms with E-state index in [2.05, 4.69) is 166 Å². The molecule has 9 atom stereocenters. The maximum absolute atomic E-state index is 2.39. The van der Waals surface area contributed by atoms with Crippen molar-refractivity contribution in [1.82, 2.24) is 0 Å². The van der Waals surface area contributed by atoms with Crippen molar-refractivity contribution in [2.45, 2.75) is 340 Å². The lowest BCUT2D eigenvalue weighted by Crippen LogP contribution is -2.31. The van der Waals surface area contributed by atoms with Crippen molar-refractivity contribution in [2.75, 3.05) is 0 Å². The van der Waals surface area contributed by atoms with Gasteiger partial charge in [0.1, 0.15) is 0 Å². The first-order chi connectivity index (χ1) is 32.4. The highest BCUT2D eigenvalue weighted by atomic mass is 14.4. The van der Waals surface area contributed by atoms with E-state index in [1.165, 1.54) is 173 Å². The van der Waals surface area contributed by atoms with Gasteiger partial charge in [-0.15, -0.1) is 0 Å². The van der Waals surface area contributed by atoms with Crippen molar-refractivity contribution in [3.8, 4) is 0 Å². The molecule has 0 amide bonds. The fourth-order valence-corrected chi connectivity index (χ4v) is 12.7. The van der Waals surface area contributed by atoms with Crippen LogP contribution in [0.25, 0.3) is 0 Å². The molecule has 0 N–H and O–H groups in total. The normalized spacial score (nSPS) is 35.2. The first-order valence-electron chi connectivity index (χ1n) is 32.4. The van der Waals surface area contributed by atoms with E-state index in [9.17, 15) is 0 Å². The van der Waals surface area contributed by atoms with Gasteiger partial charge in [-0.3, -0.25) is 0 Å². The molecule has 0 aromatic carbocycles. The summed E-state index contributed by atoms with van der Waals surface area (Å²) >= 11 is 0. The van der Waals surface area contributed by atoms with E-state index in [0.717, 1.165) is 93.7 Å². The second kappa shape index (κ2) is 32.6. The summed E-state index contributed by atoms with van der Waals surface area (Å²) in [4.78, 5) is 0. The summed E-state index contributed by atoms with van der Waals surface area (Å²) in [5.41, 5.74) is 3.58. The van der Waals surface area contributed by atoms with Crippen molar-refractivity contribution < 1.29 is 0 Å². The van der Waals surface area contributed by atoms with Crippen molar-refractivity contribution in [3.63, 3.8) is 0 Å². The molecule has 0 nitrogen and oxygen atoms in total. The van der Waals surface area contributed by atoms with Crippen LogP contribution in [0, 0.1) is 110 Å². The summed E-state index contributed by atoms with van der Waals surface area (Å²) in [6.07, 6.45) is 39.4. The molecule has 0 heteroatoms. The average Bonchev–Trinajstić information content (AvgIpc) is 3.25. The van der Waals surface area contributed by atoms with Crippen molar-refractivity contribution in [2.24, 2.45) is 110 Å². The van der Waals surface area contributed by atoms with E-state index in [-0.39, 0.29) is 0 Å². The molecule has 10 aliphatic rings. The lowest BCUT2D eigenvalue weighted by molar-refractivity contribution is 0.0891. The molecule has 0 radical (unpaired) electrons. The van der Waals surface area contributed by atoms with Gasteiger partial charge in [0.2, 0.25) is 0 Å². The largest absolute Gasteiger partial charge is 0.0651 e. The maximum Gasteiger partial charge on any atom is -0.0328 e. The molecule has 0 saturated heterocycles. The first kappa shape index (κ1) is 68.0. The van der Waals surface area contributed by atoms with Gasteiger partial charge in [-0.05, 0) is 206 Å². The Bertz CT molecular complexity index is 1160. The molecule has 0 aromatic rings. The molecule has 0 bridgehead atoms. The highest BCUT2D eigenvalue weighted by Gasteiger charge is 2.36. The fourth-order valence-electron chi connectivity index (χ4n) is 12.7. The van der Waals surface area contributed by atoms with E-state index in [4.69, 9.17) is 0 Å². The van der Waals surface area contributed by atoms with Crippen LogP contribution >= 0.6 is 0 Å². The minimum Gasteiger partial charge on any atom is -0.0651 e. The van der Waals surface area contributed by atoms with E-state index in [0.29, 0.717) is 16.2 Å². The highest BCUT2D eigenvalue weighted by molar-refractivity contribution is 4.87. The SMILES string of the molecule is CC(C)C1CCC1.CC1CC(C)(C)C1.CC1CCC1(C)C.CC1C[C@H](C)C1C.CCC1(C)CCC1.CCC1(C)CCC1.CCC1CC(C)C1.CCC1CCC1C.CCC1CC[C@@H]1C.C[C@H]1CCC1(C)C. The second-order valence-electron chi connectivity index (χ2n) is 30.9. The minimum absolute atomic E-state index is 0.681. The Balaban J connectivity index is 0.000000389. The van der Waals surface area contributed by atoms with Gasteiger partial charge in [0.25, 0.3) is 0 Å². The topological polar surface area (TPSA) is 0 Å². The predicted molar refractivity (Wildman–Crippen MR) is 322 cm³/mol. The van der Waals surface area contributed by atoms with Gasteiger partial charge in [-0.2, -0.15) is 0 Å². The third-order valence-corrected chi connectivity index (χ3v) is 23.1. The van der Waals surface area contributed by atoms with Gasteiger partial charge < -0.3 is 0 Å². The summed E-state index contributed by atoms with van der Waals surface area (Å²) < 4.78 is 0. The van der Waals surface area contributed by atoms with Crippen LogP contribution in [0.15, 0.2) is 0 Å². The predicted octanol–water partition coefficient (Wildman–Crippen LogP) is 24.6. The Kier molecular flexibility index (Phi) is 31.6. The van der Waals surface area contributed by atoms with E-state index in [1.54, 1.807) is 0 Å². The Morgan fingerprint density at radius 1 is 0.400 bits per heavy atom.